The maximum atomic E-state index is 6.41. The molecule has 0 atom stereocenters. The standard InChI is InChI=1S/C17H15ClN2/c1-11-4-2-5-12(8-11)14-10-20-16(9-19)13-6-3-7-15(18)17(13)14/h2-8,10H,9,19H2,1H3. The summed E-state index contributed by atoms with van der Waals surface area (Å²) in [5, 5.41) is 2.78. The second-order valence-corrected chi connectivity index (χ2v) is 5.26. The van der Waals surface area contributed by atoms with Gasteiger partial charge in [0.15, 0.2) is 0 Å². The fraction of sp³-hybridized carbons (Fsp3) is 0.118. The Hall–Kier alpha value is -1.90. The van der Waals surface area contributed by atoms with Gasteiger partial charge in [-0.05, 0) is 18.6 Å². The summed E-state index contributed by atoms with van der Waals surface area (Å²) in [6.07, 6.45) is 1.87. The molecule has 1 heterocycles. The van der Waals surface area contributed by atoms with Gasteiger partial charge in [0.1, 0.15) is 0 Å². The average Bonchev–Trinajstić information content (AvgIpc) is 2.46. The van der Waals surface area contributed by atoms with E-state index in [9.17, 15) is 0 Å². The molecule has 0 radical (unpaired) electrons. The lowest BCUT2D eigenvalue weighted by Gasteiger charge is -2.11. The predicted molar refractivity (Wildman–Crippen MR) is 84.8 cm³/mol. The molecule has 0 unspecified atom stereocenters. The van der Waals surface area contributed by atoms with E-state index in [0.717, 1.165) is 32.6 Å². The van der Waals surface area contributed by atoms with Gasteiger partial charge >= 0.3 is 0 Å². The van der Waals surface area contributed by atoms with Crippen LogP contribution in [0.25, 0.3) is 21.9 Å². The number of aryl methyl sites for hydroxylation is 1. The number of fused-ring (bicyclic) bond motifs is 1. The molecule has 0 bridgehead atoms. The fourth-order valence-electron chi connectivity index (χ4n) is 2.51. The highest BCUT2D eigenvalue weighted by Gasteiger charge is 2.11. The van der Waals surface area contributed by atoms with Crippen molar-refractivity contribution >= 4 is 22.4 Å². The molecule has 0 saturated heterocycles. The molecule has 3 rings (SSSR count). The largest absolute Gasteiger partial charge is 0.325 e. The summed E-state index contributed by atoms with van der Waals surface area (Å²) in [6, 6.07) is 14.2. The summed E-state index contributed by atoms with van der Waals surface area (Å²) in [5.41, 5.74) is 10.0. The van der Waals surface area contributed by atoms with Crippen LogP contribution in [0.5, 0.6) is 0 Å². The van der Waals surface area contributed by atoms with Crippen LogP contribution in [0.1, 0.15) is 11.3 Å². The predicted octanol–water partition coefficient (Wildman–Crippen LogP) is 4.32. The molecule has 2 aromatic carbocycles. The minimum atomic E-state index is 0.408. The zero-order valence-electron chi connectivity index (χ0n) is 11.2. The van der Waals surface area contributed by atoms with Gasteiger partial charge in [0.2, 0.25) is 0 Å². The molecular formula is C17H15ClN2. The molecule has 3 heteroatoms. The number of hydrogen-bond acceptors (Lipinski definition) is 2. The molecule has 3 aromatic rings. The quantitative estimate of drug-likeness (QED) is 0.760. The van der Waals surface area contributed by atoms with E-state index in [0.29, 0.717) is 6.54 Å². The molecule has 100 valence electrons. The fourth-order valence-corrected chi connectivity index (χ4v) is 2.79. The Morgan fingerprint density at radius 3 is 2.70 bits per heavy atom. The number of rotatable bonds is 2. The van der Waals surface area contributed by atoms with Gasteiger partial charge in [0.05, 0.1) is 5.69 Å². The van der Waals surface area contributed by atoms with Gasteiger partial charge in [0, 0.05) is 34.1 Å². The average molecular weight is 283 g/mol. The van der Waals surface area contributed by atoms with Crippen molar-refractivity contribution in [2.45, 2.75) is 13.5 Å². The van der Waals surface area contributed by atoms with E-state index < -0.39 is 0 Å². The zero-order chi connectivity index (χ0) is 14.1. The van der Waals surface area contributed by atoms with Crippen LogP contribution in [-0.4, -0.2) is 4.98 Å². The highest BCUT2D eigenvalue weighted by molar-refractivity contribution is 6.36. The number of pyridine rings is 1. The van der Waals surface area contributed by atoms with Gasteiger partial charge in [-0.25, -0.2) is 0 Å². The van der Waals surface area contributed by atoms with E-state index in [1.54, 1.807) is 0 Å². The number of nitrogens with zero attached hydrogens (tertiary/aromatic N) is 1. The van der Waals surface area contributed by atoms with Crippen molar-refractivity contribution < 1.29 is 0 Å². The number of halogens is 1. The van der Waals surface area contributed by atoms with Crippen molar-refractivity contribution in [3.05, 3.63) is 64.9 Å². The molecular weight excluding hydrogens is 268 g/mol. The van der Waals surface area contributed by atoms with E-state index >= 15 is 0 Å². The summed E-state index contributed by atoms with van der Waals surface area (Å²) in [6.45, 7) is 2.49. The maximum Gasteiger partial charge on any atom is 0.0618 e. The lowest BCUT2D eigenvalue weighted by atomic mass is 9.98. The van der Waals surface area contributed by atoms with Crippen molar-refractivity contribution in [2.24, 2.45) is 5.73 Å². The van der Waals surface area contributed by atoms with E-state index in [1.165, 1.54) is 5.56 Å². The first-order valence-corrected chi connectivity index (χ1v) is 6.91. The van der Waals surface area contributed by atoms with Crippen LogP contribution >= 0.6 is 11.6 Å². The highest BCUT2D eigenvalue weighted by atomic mass is 35.5. The van der Waals surface area contributed by atoms with Crippen molar-refractivity contribution in [3.63, 3.8) is 0 Å². The van der Waals surface area contributed by atoms with Gasteiger partial charge in [-0.3, -0.25) is 4.98 Å². The summed E-state index contributed by atoms with van der Waals surface area (Å²) in [7, 11) is 0. The third-order valence-corrected chi connectivity index (χ3v) is 3.78. The Kier molecular flexibility index (Phi) is 3.43. The maximum absolute atomic E-state index is 6.41. The van der Waals surface area contributed by atoms with Crippen LogP contribution in [0.3, 0.4) is 0 Å². The van der Waals surface area contributed by atoms with Crippen molar-refractivity contribution in [1.29, 1.82) is 0 Å². The molecule has 0 aliphatic heterocycles. The monoisotopic (exact) mass is 282 g/mol. The Morgan fingerprint density at radius 2 is 1.95 bits per heavy atom. The van der Waals surface area contributed by atoms with E-state index in [2.05, 4.69) is 30.1 Å². The molecule has 2 nitrogen and oxygen atoms in total. The number of benzene rings is 2. The molecule has 0 amide bonds. The number of hydrogen-bond donors (Lipinski definition) is 1. The summed E-state index contributed by atoms with van der Waals surface area (Å²) in [5.74, 6) is 0. The normalized spacial score (nSPS) is 10.9. The molecule has 2 N–H and O–H groups in total. The third kappa shape index (κ3) is 2.17. The second-order valence-electron chi connectivity index (χ2n) is 4.85. The zero-order valence-corrected chi connectivity index (χ0v) is 12.0. The van der Waals surface area contributed by atoms with Crippen molar-refractivity contribution in [3.8, 4) is 11.1 Å². The summed E-state index contributed by atoms with van der Waals surface area (Å²) in [4.78, 5) is 4.49. The topological polar surface area (TPSA) is 38.9 Å². The van der Waals surface area contributed by atoms with Crippen LogP contribution in [0.15, 0.2) is 48.7 Å². The van der Waals surface area contributed by atoms with Crippen LogP contribution in [0.2, 0.25) is 5.02 Å². The van der Waals surface area contributed by atoms with Gasteiger partial charge in [-0.15, -0.1) is 0 Å². The van der Waals surface area contributed by atoms with Crippen LogP contribution in [0.4, 0.5) is 0 Å². The van der Waals surface area contributed by atoms with Gasteiger partial charge in [-0.2, -0.15) is 0 Å². The Bertz CT molecular complexity index is 781. The molecule has 0 fully saturated rings. The Balaban J connectivity index is 2.37. The van der Waals surface area contributed by atoms with Crippen LogP contribution < -0.4 is 5.73 Å². The first kappa shape index (κ1) is 13.1. The lowest BCUT2D eigenvalue weighted by molar-refractivity contribution is 1.01. The minimum absolute atomic E-state index is 0.408. The highest BCUT2D eigenvalue weighted by Crippen LogP contribution is 2.34. The van der Waals surface area contributed by atoms with E-state index in [4.69, 9.17) is 17.3 Å². The summed E-state index contributed by atoms with van der Waals surface area (Å²) >= 11 is 6.41. The molecule has 0 saturated carbocycles. The SMILES string of the molecule is Cc1cccc(-c2cnc(CN)c3cccc(Cl)c23)c1. The molecule has 0 aliphatic rings. The molecule has 0 spiro atoms. The smallest absolute Gasteiger partial charge is 0.0618 e. The molecule has 1 aromatic heterocycles. The molecule has 0 aliphatic carbocycles. The lowest BCUT2D eigenvalue weighted by Crippen LogP contribution is -2.01. The van der Waals surface area contributed by atoms with Crippen molar-refractivity contribution in [1.82, 2.24) is 4.98 Å². The first-order valence-electron chi connectivity index (χ1n) is 6.54. The van der Waals surface area contributed by atoms with E-state index in [-0.39, 0.29) is 0 Å². The first-order chi connectivity index (χ1) is 9.70. The summed E-state index contributed by atoms with van der Waals surface area (Å²) < 4.78 is 0. The second kappa shape index (κ2) is 5.23. The van der Waals surface area contributed by atoms with Crippen LogP contribution in [-0.2, 0) is 6.54 Å². The number of nitrogens with two attached hydrogens (primary N) is 1. The van der Waals surface area contributed by atoms with Gasteiger partial charge in [-0.1, -0.05) is 53.6 Å². The van der Waals surface area contributed by atoms with Gasteiger partial charge < -0.3 is 5.73 Å². The minimum Gasteiger partial charge on any atom is -0.325 e. The third-order valence-electron chi connectivity index (χ3n) is 3.47. The number of aromatic nitrogens is 1. The van der Waals surface area contributed by atoms with Crippen molar-refractivity contribution in [2.75, 3.05) is 0 Å². The van der Waals surface area contributed by atoms with E-state index in [1.807, 2.05) is 30.5 Å². The Labute approximate surface area is 123 Å². The Morgan fingerprint density at radius 1 is 1.15 bits per heavy atom. The van der Waals surface area contributed by atoms with Gasteiger partial charge in [0.25, 0.3) is 0 Å². The molecule has 20 heavy (non-hydrogen) atoms. The van der Waals surface area contributed by atoms with Crippen LogP contribution in [0, 0.1) is 6.92 Å².